The zero-order chi connectivity index (χ0) is 15.6. The van der Waals surface area contributed by atoms with Crippen LogP contribution >= 0.6 is 27.3 Å². The molecule has 1 aromatic heterocycles. The van der Waals surface area contributed by atoms with E-state index in [1.165, 1.54) is 0 Å². The third-order valence-corrected chi connectivity index (χ3v) is 6.87. The maximum atomic E-state index is 12.5. The van der Waals surface area contributed by atoms with Crippen molar-refractivity contribution in [1.82, 2.24) is 4.72 Å². The number of halogens is 1. The Bertz CT molecular complexity index is 754. The van der Waals surface area contributed by atoms with E-state index in [1.54, 1.807) is 17.4 Å². The van der Waals surface area contributed by atoms with Crippen LogP contribution in [0.2, 0.25) is 0 Å². The zero-order valence-corrected chi connectivity index (χ0v) is 15.0. The number of hydrogen-bond donors (Lipinski definition) is 2. The number of sulfonamides is 1. The Labute approximate surface area is 137 Å². The summed E-state index contributed by atoms with van der Waals surface area (Å²) in [5.41, 5.74) is 9.35. The SMILES string of the molecule is Cc1cscc1CNS(=O)(=O)c1cc(CN)cc(C)c1Br. The van der Waals surface area contributed by atoms with E-state index in [0.29, 0.717) is 11.0 Å². The van der Waals surface area contributed by atoms with Crippen LogP contribution in [0, 0.1) is 13.8 Å². The number of nitrogens with one attached hydrogen (secondary N) is 1. The Morgan fingerprint density at radius 1 is 1.24 bits per heavy atom. The maximum Gasteiger partial charge on any atom is 0.242 e. The molecule has 0 amide bonds. The smallest absolute Gasteiger partial charge is 0.242 e. The molecule has 0 aliphatic carbocycles. The second-order valence-corrected chi connectivity index (χ2v) is 8.11. The highest BCUT2D eigenvalue weighted by Gasteiger charge is 2.20. The summed E-state index contributed by atoms with van der Waals surface area (Å²) in [6, 6.07) is 3.49. The van der Waals surface area contributed by atoms with Crippen LogP contribution in [-0.4, -0.2) is 8.42 Å². The fraction of sp³-hybridized carbons (Fsp3) is 0.286. The number of thiophene rings is 1. The number of hydrogen-bond acceptors (Lipinski definition) is 4. The first-order valence-electron chi connectivity index (χ1n) is 6.35. The molecular weight excluding hydrogens is 372 g/mol. The second kappa shape index (κ2) is 6.58. The molecule has 1 heterocycles. The summed E-state index contributed by atoms with van der Waals surface area (Å²) in [6.45, 7) is 4.41. The number of rotatable bonds is 5. The van der Waals surface area contributed by atoms with Gasteiger partial charge in [0.15, 0.2) is 0 Å². The highest BCUT2D eigenvalue weighted by molar-refractivity contribution is 9.10. The minimum atomic E-state index is -3.59. The van der Waals surface area contributed by atoms with Crippen molar-refractivity contribution in [2.45, 2.75) is 31.8 Å². The van der Waals surface area contributed by atoms with Gasteiger partial charge in [0.25, 0.3) is 0 Å². The average Bonchev–Trinajstić information content (AvgIpc) is 2.84. The Morgan fingerprint density at radius 3 is 2.52 bits per heavy atom. The lowest BCUT2D eigenvalue weighted by Gasteiger charge is -2.12. The molecule has 7 heteroatoms. The van der Waals surface area contributed by atoms with Gasteiger partial charge in [0, 0.05) is 17.6 Å². The van der Waals surface area contributed by atoms with E-state index in [-0.39, 0.29) is 11.4 Å². The highest BCUT2D eigenvalue weighted by atomic mass is 79.9. The third kappa shape index (κ3) is 3.73. The standard InChI is InChI=1S/C14H17BrN2O2S2/c1-9-3-11(5-16)4-13(14(9)15)21(18,19)17-6-12-8-20-7-10(12)2/h3-4,7-8,17H,5-6,16H2,1-2H3. The van der Waals surface area contributed by atoms with E-state index in [1.807, 2.05) is 30.7 Å². The van der Waals surface area contributed by atoms with E-state index in [4.69, 9.17) is 5.73 Å². The summed E-state index contributed by atoms with van der Waals surface area (Å²) in [5, 5.41) is 3.95. The lowest BCUT2D eigenvalue weighted by Crippen LogP contribution is -2.24. The predicted molar refractivity (Wildman–Crippen MR) is 89.9 cm³/mol. The summed E-state index contributed by atoms with van der Waals surface area (Å²) in [5.74, 6) is 0. The third-order valence-electron chi connectivity index (χ3n) is 3.22. The highest BCUT2D eigenvalue weighted by Crippen LogP contribution is 2.27. The minimum Gasteiger partial charge on any atom is -0.326 e. The molecule has 0 saturated carbocycles. The van der Waals surface area contributed by atoms with Crippen LogP contribution in [0.1, 0.15) is 22.3 Å². The molecule has 0 aliphatic rings. The van der Waals surface area contributed by atoms with Gasteiger partial charge in [-0.2, -0.15) is 11.3 Å². The molecule has 0 atom stereocenters. The Balaban J connectivity index is 2.31. The zero-order valence-electron chi connectivity index (χ0n) is 11.8. The largest absolute Gasteiger partial charge is 0.326 e. The van der Waals surface area contributed by atoms with Crippen molar-refractivity contribution in [2.75, 3.05) is 0 Å². The number of benzene rings is 1. The van der Waals surface area contributed by atoms with Gasteiger partial charge in [0.05, 0.1) is 4.90 Å². The van der Waals surface area contributed by atoms with Crippen molar-refractivity contribution >= 4 is 37.3 Å². The lowest BCUT2D eigenvalue weighted by molar-refractivity contribution is 0.580. The summed E-state index contributed by atoms with van der Waals surface area (Å²) in [7, 11) is -3.59. The molecule has 114 valence electrons. The molecule has 2 aromatic rings. The van der Waals surface area contributed by atoms with Crippen LogP contribution in [0.25, 0.3) is 0 Å². The van der Waals surface area contributed by atoms with E-state index in [0.717, 1.165) is 22.3 Å². The van der Waals surface area contributed by atoms with Crippen molar-refractivity contribution in [3.8, 4) is 0 Å². The van der Waals surface area contributed by atoms with Gasteiger partial charge in [-0.05, 0) is 68.9 Å². The molecular formula is C14H17BrN2O2S2. The monoisotopic (exact) mass is 388 g/mol. The maximum absolute atomic E-state index is 12.5. The molecule has 21 heavy (non-hydrogen) atoms. The van der Waals surface area contributed by atoms with Gasteiger partial charge >= 0.3 is 0 Å². The first kappa shape index (κ1) is 16.6. The Morgan fingerprint density at radius 2 is 1.95 bits per heavy atom. The molecule has 0 fully saturated rings. The van der Waals surface area contributed by atoms with Crippen molar-refractivity contribution in [3.05, 3.63) is 49.6 Å². The normalized spacial score (nSPS) is 11.8. The van der Waals surface area contributed by atoms with Crippen molar-refractivity contribution in [2.24, 2.45) is 5.73 Å². The van der Waals surface area contributed by atoms with Gasteiger partial charge in [-0.15, -0.1) is 0 Å². The van der Waals surface area contributed by atoms with Gasteiger partial charge in [-0.25, -0.2) is 13.1 Å². The van der Waals surface area contributed by atoms with E-state index < -0.39 is 10.0 Å². The van der Waals surface area contributed by atoms with Crippen LogP contribution in [0.4, 0.5) is 0 Å². The molecule has 0 bridgehead atoms. The summed E-state index contributed by atoms with van der Waals surface area (Å²) >= 11 is 4.92. The lowest BCUT2D eigenvalue weighted by atomic mass is 10.1. The summed E-state index contributed by atoms with van der Waals surface area (Å²) < 4.78 is 28.2. The summed E-state index contributed by atoms with van der Waals surface area (Å²) in [6.07, 6.45) is 0. The van der Waals surface area contributed by atoms with E-state index in [9.17, 15) is 8.42 Å². The first-order chi connectivity index (χ1) is 9.85. The molecule has 0 aliphatic heterocycles. The fourth-order valence-corrected chi connectivity index (χ4v) is 4.87. The summed E-state index contributed by atoms with van der Waals surface area (Å²) in [4.78, 5) is 0.232. The van der Waals surface area contributed by atoms with Crippen molar-refractivity contribution in [1.29, 1.82) is 0 Å². The van der Waals surface area contributed by atoms with Gasteiger partial charge in [-0.1, -0.05) is 6.07 Å². The Hall–Kier alpha value is -0.730. The van der Waals surface area contributed by atoms with Crippen LogP contribution in [0.3, 0.4) is 0 Å². The van der Waals surface area contributed by atoms with E-state index >= 15 is 0 Å². The van der Waals surface area contributed by atoms with Gasteiger partial charge < -0.3 is 5.73 Å². The molecule has 3 N–H and O–H groups in total. The molecule has 0 saturated heterocycles. The van der Waals surface area contributed by atoms with Crippen molar-refractivity contribution in [3.63, 3.8) is 0 Å². The van der Waals surface area contributed by atoms with Crippen LogP contribution in [0.5, 0.6) is 0 Å². The second-order valence-electron chi connectivity index (χ2n) is 4.83. The Kier molecular flexibility index (Phi) is 5.21. The molecule has 0 spiro atoms. The van der Waals surface area contributed by atoms with Crippen LogP contribution < -0.4 is 10.5 Å². The van der Waals surface area contributed by atoms with Crippen molar-refractivity contribution < 1.29 is 8.42 Å². The first-order valence-corrected chi connectivity index (χ1v) is 9.57. The van der Waals surface area contributed by atoms with Crippen LogP contribution in [0.15, 0.2) is 32.3 Å². The van der Waals surface area contributed by atoms with Gasteiger partial charge in [0.1, 0.15) is 0 Å². The molecule has 0 radical (unpaired) electrons. The van der Waals surface area contributed by atoms with Gasteiger partial charge in [0.2, 0.25) is 10.0 Å². The molecule has 2 rings (SSSR count). The minimum absolute atomic E-state index is 0.232. The number of nitrogens with two attached hydrogens (primary N) is 1. The molecule has 1 aromatic carbocycles. The fourth-order valence-electron chi connectivity index (χ4n) is 1.94. The number of aryl methyl sites for hydroxylation is 2. The predicted octanol–water partition coefficient (Wildman–Crippen LogP) is 3.06. The molecule has 4 nitrogen and oxygen atoms in total. The topological polar surface area (TPSA) is 72.2 Å². The van der Waals surface area contributed by atoms with E-state index in [2.05, 4.69) is 20.7 Å². The average molecular weight is 389 g/mol. The van der Waals surface area contributed by atoms with Crippen LogP contribution in [-0.2, 0) is 23.1 Å². The quantitative estimate of drug-likeness (QED) is 0.826. The van der Waals surface area contributed by atoms with Gasteiger partial charge in [-0.3, -0.25) is 0 Å². The molecule has 0 unspecified atom stereocenters.